The number of aliphatic hydroxyl groups excluding tert-OH is 3. The predicted octanol–water partition coefficient (Wildman–Crippen LogP) is 3.23. The van der Waals surface area contributed by atoms with Gasteiger partial charge in [-0.05, 0) is 0 Å². The summed E-state index contributed by atoms with van der Waals surface area (Å²) in [5.41, 5.74) is 0.822. The Hall–Kier alpha value is -1.16. The maximum atomic E-state index is 10.6. The molecule has 0 bridgehead atoms. The standard InChI is InChI=1S/C22H30O3Se/c1-2-3-14-20(24)22(26-19-12-8-5-9-13-19)16-18(23)15-21(25)17-10-6-4-7-11-17/h4-13,18,20-25H,2-3,14-16H2,1H3/t18-,20-,21+,22-/m1/s1. The molecule has 2 aromatic carbocycles. The number of benzene rings is 2. The van der Waals surface area contributed by atoms with E-state index in [0.717, 1.165) is 24.8 Å². The molecule has 0 aliphatic heterocycles. The SMILES string of the molecule is CCCC[C@@H](O)[C@@H](C[C@H](O)C[C@H](O)c1ccccc1)[Se]c1ccccc1. The van der Waals surface area contributed by atoms with Crippen LogP contribution in [0.4, 0.5) is 0 Å². The molecule has 0 saturated heterocycles. The summed E-state index contributed by atoms with van der Waals surface area (Å²) in [6, 6.07) is 19.6. The van der Waals surface area contributed by atoms with Crippen molar-refractivity contribution in [2.24, 2.45) is 0 Å². The molecule has 26 heavy (non-hydrogen) atoms. The Balaban J connectivity index is 1.97. The van der Waals surface area contributed by atoms with E-state index >= 15 is 0 Å². The Kier molecular flexibility index (Phi) is 9.38. The minimum atomic E-state index is -0.677. The molecular weight excluding hydrogens is 391 g/mol. The van der Waals surface area contributed by atoms with Gasteiger partial charge in [0.05, 0.1) is 0 Å². The van der Waals surface area contributed by atoms with Crippen LogP contribution in [0.2, 0.25) is 4.82 Å². The zero-order valence-corrected chi connectivity index (χ0v) is 17.1. The molecule has 2 rings (SSSR count). The van der Waals surface area contributed by atoms with Gasteiger partial charge in [0.25, 0.3) is 0 Å². The van der Waals surface area contributed by atoms with Crippen LogP contribution in [-0.2, 0) is 0 Å². The van der Waals surface area contributed by atoms with Crippen molar-refractivity contribution < 1.29 is 15.3 Å². The fourth-order valence-corrected chi connectivity index (χ4v) is 5.67. The van der Waals surface area contributed by atoms with E-state index in [9.17, 15) is 15.3 Å². The molecule has 0 amide bonds. The summed E-state index contributed by atoms with van der Waals surface area (Å²) in [4.78, 5) is 0.0504. The average Bonchev–Trinajstić information content (AvgIpc) is 2.67. The van der Waals surface area contributed by atoms with Crippen molar-refractivity contribution in [1.29, 1.82) is 0 Å². The molecule has 0 aliphatic carbocycles. The topological polar surface area (TPSA) is 60.7 Å². The molecule has 0 radical (unpaired) electrons. The van der Waals surface area contributed by atoms with Gasteiger partial charge in [0, 0.05) is 0 Å². The van der Waals surface area contributed by atoms with Gasteiger partial charge in [0.2, 0.25) is 0 Å². The van der Waals surface area contributed by atoms with Gasteiger partial charge in [-0.3, -0.25) is 0 Å². The third-order valence-electron chi connectivity index (χ3n) is 4.50. The fraction of sp³-hybridized carbons (Fsp3) is 0.455. The molecule has 0 saturated carbocycles. The van der Waals surface area contributed by atoms with Crippen LogP contribution in [0.3, 0.4) is 0 Å². The molecular formula is C22H30O3Se. The van der Waals surface area contributed by atoms with E-state index < -0.39 is 18.3 Å². The van der Waals surface area contributed by atoms with Crippen LogP contribution >= 0.6 is 0 Å². The van der Waals surface area contributed by atoms with Crippen molar-refractivity contribution in [2.45, 2.75) is 62.2 Å². The molecule has 0 heterocycles. The van der Waals surface area contributed by atoms with Gasteiger partial charge < -0.3 is 0 Å². The second-order valence-corrected chi connectivity index (χ2v) is 9.48. The average molecular weight is 421 g/mol. The first-order valence-corrected chi connectivity index (χ1v) is 11.3. The van der Waals surface area contributed by atoms with Crippen LogP contribution in [0.15, 0.2) is 60.7 Å². The monoisotopic (exact) mass is 422 g/mol. The second kappa shape index (κ2) is 11.5. The summed E-state index contributed by atoms with van der Waals surface area (Å²) in [5, 5.41) is 31.5. The Morgan fingerprint density at radius 2 is 1.46 bits per heavy atom. The first kappa shape index (κ1) is 21.1. The van der Waals surface area contributed by atoms with Crippen molar-refractivity contribution in [3.05, 3.63) is 66.2 Å². The van der Waals surface area contributed by atoms with E-state index in [1.54, 1.807) is 0 Å². The van der Waals surface area contributed by atoms with Gasteiger partial charge >= 0.3 is 163 Å². The van der Waals surface area contributed by atoms with Gasteiger partial charge in [-0.2, -0.15) is 0 Å². The number of hydrogen-bond donors (Lipinski definition) is 3. The van der Waals surface area contributed by atoms with Crippen molar-refractivity contribution in [2.75, 3.05) is 0 Å². The van der Waals surface area contributed by atoms with E-state index in [4.69, 9.17) is 0 Å². The Bertz CT molecular complexity index is 605. The molecule has 0 aromatic heterocycles. The first-order valence-electron chi connectivity index (χ1n) is 9.41. The molecule has 0 aliphatic rings. The summed E-state index contributed by atoms with van der Waals surface area (Å²) >= 11 is 0.0904. The van der Waals surface area contributed by atoms with Crippen LogP contribution in [0.1, 0.15) is 50.7 Å². The quantitative estimate of drug-likeness (QED) is 0.489. The fourth-order valence-electron chi connectivity index (χ4n) is 2.99. The summed E-state index contributed by atoms with van der Waals surface area (Å²) < 4.78 is 1.23. The minimum absolute atomic E-state index is 0.0504. The Labute approximate surface area is 163 Å². The zero-order chi connectivity index (χ0) is 18.8. The predicted molar refractivity (Wildman–Crippen MR) is 108 cm³/mol. The molecule has 3 nitrogen and oxygen atoms in total. The molecule has 0 spiro atoms. The Morgan fingerprint density at radius 1 is 0.846 bits per heavy atom. The second-order valence-electron chi connectivity index (χ2n) is 6.73. The summed E-state index contributed by atoms with van der Waals surface area (Å²) in [7, 11) is 0. The number of unbranched alkanes of at least 4 members (excludes halogenated alkanes) is 1. The molecule has 3 N–H and O–H groups in total. The van der Waals surface area contributed by atoms with Crippen molar-refractivity contribution in [3.8, 4) is 0 Å². The molecule has 4 heteroatoms. The van der Waals surface area contributed by atoms with Crippen LogP contribution in [-0.4, -0.2) is 42.5 Å². The van der Waals surface area contributed by atoms with Crippen LogP contribution in [0, 0.1) is 0 Å². The van der Waals surface area contributed by atoms with Crippen molar-refractivity contribution in [3.63, 3.8) is 0 Å². The molecule has 4 atom stereocenters. The third-order valence-corrected chi connectivity index (χ3v) is 7.34. The molecule has 142 valence electrons. The van der Waals surface area contributed by atoms with E-state index in [-0.39, 0.29) is 19.8 Å². The van der Waals surface area contributed by atoms with Crippen molar-refractivity contribution in [1.82, 2.24) is 0 Å². The number of rotatable bonds is 11. The van der Waals surface area contributed by atoms with Gasteiger partial charge in [-0.25, -0.2) is 0 Å². The maximum absolute atomic E-state index is 10.6. The summed E-state index contributed by atoms with van der Waals surface area (Å²) in [6.07, 6.45) is 1.92. The van der Waals surface area contributed by atoms with E-state index in [2.05, 4.69) is 19.1 Å². The van der Waals surface area contributed by atoms with Crippen molar-refractivity contribution >= 4 is 19.4 Å². The zero-order valence-electron chi connectivity index (χ0n) is 15.4. The van der Waals surface area contributed by atoms with Crippen LogP contribution < -0.4 is 4.46 Å². The normalized spacial score (nSPS) is 16.0. The molecule has 0 fully saturated rings. The summed E-state index contributed by atoms with van der Waals surface area (Å²) in [6.45, 7) is 2.12. The van der Waals surface area contributed by atoms with Crippen LogP contribution in [0.5, 0.6) is 0 Å². The van der Waals surface area contributed by atoms with E-state index in [1.165, 1.54) is 4.46 Å². The molecule has 2 aromatic rings. The van der Waals surface area contributed by atoms with Gasteiger partial charge in [-0.1, -0.05) is 0 Å². The van der Waals surface area contributed by atoms with E-state index in [1.807, 2.05) is 48.5 Å². The Morgan fingerprint density at radius 3 is 2.08 bits per heavy atom. The summed E-state index contributed by atoms with van der Waals surface area (Å²) in [5.74, 6) is 0. The number of hydrogen-bond acceptors (Lipinski definition) is 3. The third kappa shape index (κ3) is 7.22. The van der Waals surface area contributed by atoms with Gasteiger partial charge in [0.15, 0.2) is 0 Å². The first-order chi connectivity index (χ1) is 12.6. The van der Waals surface area contributed by atoms with Crippen LogP contribution in [0.25, 0.3) is 0 Å². The van der Waals surface area contributed by atoms with E-state index in [0.29, 0.717) is 12.8 Å². The molecule has 0 unspecified atom stereocenters. The number of aliphatic hydroxyl groups is 3. The van der Waals surface area contributed by atoms with Gasteiger partial charge in [-0.15, -0.1) is 0 Å². The van der Waals surface area contributed by atoms with Gasteiger partial charge in [0.1, 0.15) is 0 Å².